The van der Waals surface area contributed by atoms with Gasteiger partial charge in [-0.3, -0.25) is 10.1 Å². The van der Waals surface area contributed by atoms with Crippen LogP contribution < -0.4 is 10.5 Å². The molecule has 0 radical (unpaired) electrons. The van der Waals surface area contributed by atoms with Crippen LogP contribution in [0.15, 0.2) is 36.4 Å². The lowest BCUT2D eigenvalue weighted by molar-refractivity contribution is -0.387. The van der Waals surface area contributed by atoms with E-state index < -0.39 is 16.4 Å². The fraction of sp³-hybridized carbons (Fsp3) is 0.143. The van der Waals surface area contributed by atoms with Crippen molar-refractivity contribution in [1.29, 1.82) is 0 Å². The Labute approximate surface area is 114 Å². The number of benzene rings is 2. The van der Waals surface area contributed by atoms with Crippen molar-refractivity contribution in [2.75, 3.05) is 5.73 Å². The third-order valence-corrected chi connectivity index (χ3v) is 2.80. The molecule has 0 spiro atoms. The summed E-state index contributed by atoms with van der Waals surface area (Å²) < 4.78 is 19.0. The predicted molar refractivity (Wildman–Crippen MR) is 73.0 cm³/mol. The smallest absolute Gasteiger partial charge is 0.304 e. The molecule has 104 valence electrons. The number of aryl methyl sites for hydroxylation is 1. The van der Waals surface area contributed by atoms with Gasteiger partial charge in [0.25, 0.3) is 0 Å². The highest BCUT2D eigenvalue weighted by atomic mass is 19.1. The maximum Gasteiger partial charge on any atom is 0.304 e. The molecule has 0 aliphatic rings. The van der Waals surface area contributed by atoms with Gasteiger partial charge in [-0.25, -0.2) is 0 Å². The predicted octanol–water partition coefficient (Wildman–Crippen LogP) is 3.20. The van der Waals surface area contributed by atoms with Crippen molar-refractivity contribution < 1.29 is 14.1 Å². The molecule has 2 rings (SSSR count). The van der Waals surface area contributed by atoms with Gasteiger partial charge in [-0.05, 0) is 48.4 Å². The zero-order valence-corrected chi connectivity index (χ0v) is 10.8. The fourth-order valence-electron chi connectivity index (χ4n) is 1.78. The third-order valence-electron chi connectivity index (χ3n) is 2.80. The Morgan fingerprint density at radius 1 is 1.30 bits per heavy atom. The molecule has 0 aromatic heterocycles. The molecule has 0 amide bonds. The van der Waals surface area contributed by atoms with Crippen LogP contribution in [0.2, 0.25) is 0 Å². The molecule has 5 nitrogen and oxygen atoms in total. The number of anilines is 1. The van der Waals surface area contributed by atoms with E-state index in [1.807, 2.05) is 6.92 Å². The number of hydrogen-bond donors (Lipinski definition) is 1. The highest BCUT2D eigenvalue weighted by Gasteiger charge is 2.13. The standard InChI is InChI=1S/C14H13FN2O3/c1-9-6-11(16)3-5-14(9)20-8-10-2-4-13(17(18)19)12(15)7-10/h2-7H,8,16H2,1H3. The Morgan fingerprint density at radius 3 is 2.65 bits per heavy atom. The summed E-state index contributed by atoms with van der Waals surface area (Å²) in [5, 5.41) is 10.5. The average molecular weight is 276 g/mol. The summed E-state index contributed by atoms with van der Waals surface area (Å²) >= 11 is 0. The SMILES string of the molecule is Cc1cc(N)ccc1OCc1ccc([N+](=O)[O-])c(F)c1. The Hall–Kier alpha value is -2.63. The normalized spacial score (nSPS) is 10.3. The number of halogens is 1. The van der Waals surface area contributed by atoms with Gasteiger partial charge in [0.1, 0.15) is 12.4 Å². The highest BCUT2D eigenvalue weighted by molar-refractivity contribution is 5.47. The van der Waals surface area contributed by atoms with Gasteiger partial charge in [-0.2, -0.15) is 4.39 Å². The first-order chi connectivity index (χ1) is 9.47. The Morgan fingerprint density at radius 2 is 2.05 bits per heavy atom. The second-order valence-corrected chi connectivity index (χ2v) is 4.36. The molecule has 0 aliphatic carbocycles. The van der Waals surface area contributed by atoms with E-state index >= 15 is 0 Å². The zero-order chi connectivity index (χ0) is 14.7. The average Bonchev–Trinajstić information content (AvgIpc) is 2.37. The number of nitro groups is 1. The van der Waals surface area contributed by atoms with Crippen LogP contribution in [0.25, 0.3) is 0 Å². The lowest BCUT2D eigenvalue weighted by Gasteiger charge is -2.09. The first kappa shape index (κ1) is 13.8. The van der Waals surface area contributed by atoms with E-state index in [1.165, 1.54) is 6.07 Å². The largest absolute Gasteiger partial charge is 0.489 e. The summed E-state index contributed by atoms with van der Waals surface area (Å²) in [7, 11) is 0. The second-order valence-electron chi connectivity index (χ2n) is 4.36. The molecule has 2 aromatic carbocycles. The summed E-state index contributed by atoms with van der Waals surface area (Å²) in [5.41, 5.74) is 7.11. The minimum Gasteiger partial charge on any atom is -0.489 e. The molecule has 2 aromatic rings. The van der Waals surface area contributed by atoms with Crippen LogP contribution in [-0.4, -0.2) is 4.92 Å². The maximum absolute atomic E-state index is 13.4. The number of nitrogens with two attached hydrogens (primary N) is 1. The van der Waals surface area contributed by atoms with Gasteiger partial charge in [-0.15, -0.1) is 0 Å². The van der Waals surface area contributed by atoms with Crippen molar-refractivity contribution in [1.82, 2.24) is 0 Å². The zero-order valence-electron chi connectivity index (χ0n) is 10.8. The molecule has 0 aliphatic heterocycles. The van der Waals surface area contributed by atoms with Crippen LogP contribution in [0.5, 0.6) is 5.75 Å². The quantitative estimate of drug-likeness (QED) is 0.528. The van der Waals surface area contributed by atoms with E-state index in [2.05, 4.69) is 0 Å². The summed E-state index contributed by atoms with van der Waals surface area (Å²) in [5.74, 6) is -0.233. The lowest BCUT2D eigenvalue weighted by atomic mass is 10.2. The van der Waals surface area contributed by atoms with Crippen molar-refractivity contribution in [2.24, 2.45) is 0 Å². The number of rotatable bonds is 4. The molecular formula is C14H13FN2O3. The molecule has 6 heteroatoms. The van der Waals surface area contributed by atoms with Gasteiger partial charge in [0.2, 0.25) is 5.82 Å². The van der Waals surface area contributed by atoms with Crippen LogP contribution in [0.3, 0.4) is 0 Å². The molecule has 0 atom stereocenters. The molecular weight excluding hydrogens is 263 g/mol. The number of nitrogen functional groups attached to an aromatic ring is 1. The first-order valence-electron chi connectivity index (χ1n) is 5.89. The minimum atomic E-state index is -0.870. The third kappa shape index (κ3) is 3.03. The van der Waals surface area contributed by atoms with Crippen molar-refractivity contribution in [2.45, 2.75) is 13.5 Å². The van der Waals surface area contributed by atoms with Gasteiger partial charge in [0.15, 0.2) is 0 Å². The molecule has 2 N–H and O–H groups in total. The summed E-state index contributed by atoms with van der Waals surface area (Å²) in [6, 6.07) is 8.90. The highest BCUT2D eigenvalue weighted by Crippen LogP contribution is 2.23. The van der Waals surface area contributed by atoms with Crippen molar-refractivity contribution in [3.8, 4) is 5.75 Å². The van der Waals surface area contributed by atoms with Crippen LogP contribution in [0.4, 0.5) is 15.8 Å². The van der Waals surface area contributed by atoms with E-state index in [-0.39, 0.29) is 6.61 Å². The van der Waals surface area contributed by atoms with Crippen molar-refractivity contribution in [3.63, 3.8) is 0 Å². The van der Waals surface area contributed by atoms with Crippen LogP contribution in [0, 0.1) is 22.9 Å². The van der Waals surface area contributed by atoms with E-state index in [4.69, 9.17) is 10.5 Å². The van der Waals surface area contributed by atoms with E-state index in [1.54, 1.807) is 18.2 Å². The Bertz CT molecular complexity index is 659. The Balaban J connectivity index is 2.11. The molecule has 0 unspecified atom stereocenters. The summed E-state index contributed by atoms with van der Waals surface area (Å²) in [6.07, 6.45) is 0. The van der Waals surface area contributed by atoms with Crippen molar-refractivity contribution >= 4 is 11.4 Å². The number of ether oxygens (including phenoxy) is 1. The molecule has 0 saturated heterocycles. The monoisotopic (exact) mass is 276 g/mol. The van der Waals surface area contributed by atoms with Gasteiger partial charge in [0.05, 0.1) is 4.92 Å². The van der Waals surface area contributed by atoms with Gasteiger partial charge in [-0.1, -0.05) is 0 Å². The van der Waals surface area contributed by atoms with E-state index in [0.717, 1.165) is 17.7 Å². The number of hydrogen-bond acceptors (Lipinski definition) is 4. The molecule has 0 heterocycles. The van der Waals surface area contributed by atoms with Gasteiger partial charge >= 0.3 is 5.69 Å². The molecule has 0 fully saturated rings. The van der Waals surface area contributed by atoms with Crippen LogP contribution >= 0.6 is 0 Å². The van der Waals surface area contributed by atoms with E-state index in [0.29, 0.717) is 17.0 Å². The van der Waals surface area contributed by atoms with E-state index in [9.17, 15) is 14.5 Å². The molecule has 0 bridgehead atoms. The Kier molecular flexibility index (Phi) is 3.84. The lowest BCUT2D eigenvalue weighted by Crippen LogP contribution is -2.00. The van der Waals surface area contributed by atoms with Crippen molar-refractivity contribution in [3.05, 3.63) is 63.5 Å². The summed E-state index contributed by atoms with van der Waals surface area (Å²) in [6.45, 7) is 1.97. The number of nitrogens with zero attached hydrogens (tertiary/aromatic N) is 1. The minimum absolute atomic E-state index is 0.125. The summed E-state index contributed by atoms with van der Waals surface area (Å²) in [4.78, 5) is 9.75. The first-order valence-corrected chi connectivity index (χ1v) is 5.89. The molecule has 0 saturated carbocycles. The van der Waals surface area contributed by atoms with Gasteiger partial charge in [0, 0.05) is 11.8 Å². The topological polar surface area (TPSA) is 78.4 Å². The maximum atomic E-state index is 13.4. The number of nitro benzene ring substituents is 1. The second kappa shape index (κ2) is 5.56. The molecule has 20 heavy (non-hydrogen) atoms. The van der Waals surface area contributed by atoms with Gasteiger partial charge < -0.3 is 10.5 Å². The van der Waals surface area contributed by atoms with Crippen LogP contribution in [-0.2, 0) is 6.61 Å². The van der Waals surface area contributed by atoms with Crippen LogP contribution in [0.1, 0.15) is 11.1 Å². The fourth-order valence-corrected chi connectivity index (χ4v) is 1.78.